The van der Waals surface area contributed by atoms with Crippen molar-refractivity contribution in [3.63, 3.8) is 0 Å². The van der Waals surface area contributed by atoms with Crippen LogP contribution in [0.3, 0.4) is 0 Å². The van der Waals surface area contributed by atoms with Gasteiger partial charge in [-0.15, -0.1) is 0 Å². The number of phenolic OH excluding ortho intramolecular Hbond substituents is 2. The second kappa shape index (κ2) is 7.70. The molecule has 0 bridgehead atoms. The van der Waals surface area contributed by atoms with Crippen LogP contribution in [0.2, 0.25) is 0 Å². The molecule has 29 heavy (non-hydrogen) atoms. The Labute approximate surface area is 165 Å². The lowest BCUT2D eigenvalue weighted by molar-refractivity contribution is -0.149. The van der Waals surface area contributed by atoms with Gasteiger partial charge >= 0.3 is 11.9 Å². The molecule has 2 atom stereocenters. The predicted octanol–water partition coefficient (Wildman–Crippen LogP) is 2.28. The molecule has 0 unspecified atom stereocenters. The van der Waals surface area contributed by atoms with Crippen LogP contribution >= 0.6 is 0 Å². The number of methoxy groups -OCH3 is 1. The van der Waals surface area contributed by atoms with E-state index in [2.05, 4.69) is 0 Å². The summed E-state index contributed by atoms with van der Waals surface area (Å²) >= 11 is 0. The number of carbonyl (C=O) groups excluding carboxylic acids is 3. The number of carbonyl (C=O) groups is 3. The van der Waals surface area contributed by atoms with Gasteiger partial charge in [0.05, 0.1) is 7.11 Å². The molecule has 1 heterocycles. The number of hydrogen-bond acceptors (Lipinski definition) is 9. The molecule has 3 rings (SSSR count). The third-order valence-corrected chi connectivity index (χ3v) is 4.18. The summed E-state index contributed by atoms with van der Waals surface area (Å²) in [4.78, 5) is 36.0. The van der Waals surface area contributed by atoms with Crippen molar-refractivity contribution in [2.75, 3.05) is 7.11 Å². The number of aromatic hydroxyl groups is 2. The summed E-state index contributed by atoms with van der Waals surface area (Å²) in [5, 5.41) is 19.4. The summed E-state index contributed by atoms with van der Waals surface area (Å²) in [5.74, 6) is -2.45. The van der Waals surface area contributed by atoms with E-state index in [4.69, 9.17) is 18.9 Å². The number of fused-ring (bicyclic) bond motifs is 1. The van der Waals surface area contributed by atoms with Crippen LogP contribution in [0.4, 0.5) is 0 Å². The van der Waals surface area contributed by atoms with Crippen LogP contribution in [0.15, 0.2) is 30.3 Å². The number of benzene rings is 2. The Kier molecular flexibility index (Phi) is 5.31. The number of phenols is 2. The van der Waals surface area contributed by atoms with E-state index in [0.717, 1.165) is 6.92 Å². The highest BCUT2D eigenvalue weighted by molar-refractivity contribution is 6.06. The molecule has 2 N–H and O–H groups in total. The van der Waals surface area contributed by atoms with Crippen LogP contribution in [0.5, 0.6) is 28.7 Å². The Morgan fingerprint density at radius 2 is 1.76 bits per heavy atom. The van der Waals surface area contributed by atoms with Crippen LogP contribution in [-0.4, -0.2) is 41.1 Å². The highest BCUT2D eigenvalue weighted by Crippen LogP contribution is 2.44. The fourth-order valence-corrected chi connectivity index (χ4v) is 3.02. The Morgan fingerprint density at radius 1 is 1.03 bits per heavy atom. The molecule has 2 aromatic carbocycles. The molecule has 0 spiro atoms. The SMILES string of the molecule is COc1cc(OC(C)=O)cc2c1C(=O)[C@@H](OC(C)=O)[C@H](c1ccc(O)c(O)c1)O2. The third kappa shape index (κ3) is 3.93. The first-order valence-electron chi connectivity index (χ1n) is 8.51. The molecule has 2 aromatic rings. The highest BCUT2D eigenvalue weighted by atomic mass is 16.6. The molecule has 1 aliphatic rings. The van der Waals surface area contributed by atoms with Gasteiger partial charge in [-0.05, 0) is 12.1 Å². The van der Waals surface area contributed by atoms with Crippen molar-refractivity contribution < 1.29 is 43.5 Å². The molecule has 0 saturated heterocycles. The summed E-state index contributed by atoms with van der Waals surface area (Å²) in [5.41, 5.74) is 0.302. The molecular weight excluding hydrogens is 384 g/mol. The van der Waals surface area contributed by atoms with Gasteiger partial charge in [-0.3, -0.25) is 14.4 Å². The quantitative estimate of drug-likeness (QED) is 0.449. The second-order valence-corrected chi connectivity index (χ2v) is 6.27. The van der Waals surface area contributed by atoms with E-state index in [1.807, 2.05) is 0 Å². The number of ketones is 1. The Bertz CT molecular complexity index is 996. The van der Waals surface area contributed by atoms with Crippen molar-refractivity contribution in [2.24, 2.45) is 0 Å². The van der Waals surface area contributed by atoms with Crippen LogP contribution in [-0.2, 0) is 14.3 Å². The molecule has 9 heteroatoms. The summed E-state index contributed by atoms with van der Waals surface area (Å²) in [7, 11) is 1.32. The molecule has 0 aliphatic carbocycles. The minimum atomic E-state index is -1.36. The van der Waals surface area contributed by atoms with E-state index in [1.54, 1.807) is 0 Å². The van der Waals surface area contributed by atoms with Crippen molar-refractivity contribution in [3.05, 3.63) is 41.5 Å². The zero-order valence-corrected chi connectivity index (χ0v) is 15.8. The number of rotatable bonds is 4. The lowest BCUT2D eigenvalue weighted by Crippen LogP contribution is -2.39. The average molecular weight is 402 g/mol. The maximum absolute atomic E-state index is 13.1. The van der Waals surface area contributed by atoms with E-state index < -0.39 is 35.7 Å². The maximum atomic E-state index is 13.1. The molecule has 0 radical (unpaired) electrons. The zero-order chi connectivity index (χ0) is 21.3. The van der Waals surface area contributed by atoms with E-state index >= 15 is 0 Å². The lowest BCUT2D eigenvalue weighted by atomic mass is 9.92. The minimum absolute atomic E-state index is 0.0221. The second-order valence-electron chi connectivity index (χ2n) is 6.27. The van der Waals surface area contributed by atoms with Crippen LogP contribution in [0.25, 0.3) is 0 Å². The first kappa shape index (κ1) is 20.0. The Balaban J connectivity index is 2.14. The van der Waals surface area contributed by atoms with Gasteiger partial charge in [-0.1, -0.05) is 6.07 Å². The molecule has 0 fully saturated rings. The molecule has 1 aliphatic heterocycles. The predicted molar refractivity (Wildman–Crippen MR) is 97.3 cm³/mol. The van der Waals surface area contributed by atoms with Crippen molar-refractivity contribution in [1.82, 2.24) is 0 Å². The molecule has 0 saturated carbocycles. The highest BCUT2D eigenvalue weighted by Gasteiger charge is 2.43. The Hall–Kier alpha value is -3.75. The van der Waals surface area contributed by atoms with Gasteiger partial charge in [0, 0.05) is 31.5 Å². The van der Waals surface area contributed by atoms with Crippen molar-refractivity contribution in [1.29, 1.82) is 0 Å². The molecule has 0 amide bonds. The minimum Gasteiger partial charge on any atom is -0.504 e. The number of esters is 2. The number of Topliss-reactive ketones (excluding diaryl/α,β-unsaturated/α-hetero) is 1. The standard InChI is InChI=1S/C20H18O9/c1-9(21)27-12-7-15(26-3)17-16(8-12)29-19(20(18(17)25)28-10(2)22)11-4-5-13(23)14(24)6-11/h4-8,19-20,23-24H,1-3H3/t19-,20+/m0/s1. The number of hydrogen-bond donors (Lipinski definition) is 2. The van der Waals surface area contributed by atoms with Gasteiger partial charge in [0.2, 0.25) is 11.9 Å². The van der Waals surface area contributed by atoms with E-state index in [9.17, 15) is 24.6 Å². The Morgan fingerprint density at radius 3 is 2.34 bits per heavy atom. The molecule has 152 valence electrons. The van der Waals surface area contributed by atoms with Crippen molar-refractivity contribution in [3.8, 4) is 28.7 Å². The fourth-order valence-electron chi connectivity index (χ4n) is 3.02. The molecule has 9 nitrogen and oxygen atoms in total. The van der Waals surface area contributed by atoms with E-state index in [-0.39, 0.29) is 34.1 Å². The summed E-state index contributed by atoms with van der Waals surface area (Å²) < 4.78 is 21.4. The number of ether oxygens (including phenoxy) is 4. The smallest absolute Gasteiger partial charge is 0.308 e. The van der Waals surface area contributed by atoms with E-state index in [1.165, 1.54) is 44.4 Å². The zero-order valence-electron chi connectivity index (χ0n) is 15.8. The van der Waals surface area contributed by atoms with Crippen LogP contribution < -0.4 is 14.2 Å². The largest absolute Gasteiger partial charge is 0.504 e. The monoisotopic (exact) mass is 402 g/mol. The van der Waals surface area contributed by atoms with Gasteiger partial charge in [-0.25, -0.2) is 0 Å². The summed E-state index contributed by atoms with van der Waals surface area (Å²) in [6.07, 6.45) is -2.49. The average Bonchev–Trinajstić information content (AvgIpc) is 2.64. The van der Waals surface area contributed by atoms with Gasteiger partial charge in [0.1, 0.15) is 22.8 Å². The third-order valence-electron chi connectivity index (χ3n) is 4.18. The summed E-state index contributed by atoms with van der Waals surface area (Å²) in [6.45, 7) is 2.37. The first-order valence-corrected chi connectivity index (χ1v) is 8.51. The van der Waals surface area contributed by atoms with Gasteiger partial charge in [-0.2, -0.15) is 0 Å². The maximum Gasteiger partial charge on any atom is 0.308 e. The van der Waals surface area contributed by atoms with Gasteiger partial charge in [0.25, 0.3) is 0 Å². The topological polar surface area (TPSA) is 129 Å². The van der Waals surface area contributed by atoms with E-state index in [0.29, 0.717) is 0 Å². The van der Waals surface area contributed by atoms with Gasteiger partial charge in [0.15, 0.2) is 17.6 Å². The lowest BCUT2D eigenvalue weighted by Gasteiger charge is -2.33. The first-order chi connectivity index (χ1) is 13.7. The van der Waals surface area contributed by atoms with Crippen LogP contribution in [0, 0.1) is 0 Å². The van der Waals surface area contributed by atoms with Crippen molar-refractivity contribution in [2.45, 2.75) is 26.1 Å². The van der Waals surface area contributed by atoms with Gasteiger partial charge < -0.3 is 29.2 Å². The molecular formula is C20H18O9. The molecule has 0 aromatic heterocycles. The normalized spacial score (nSPS) is 17.7. The fraction of sp³-hybridized carbons (Fsp3) is 0.250. The van der Waals surface area contributed by atoms with Crippen LogP contribution in [0.1, 0.15) is 35.9 Å². The van der Waals surface area contributed by atoms with Crippen molar-refractivity contribution >= 4 is 17.7 Å². The summed E-state index contributed by atoms with van der Waals surface area (Å²) in [6, 6.07) is 6.52.